The van der Waals surface area contributed by atoms with Crippen LogP contribution in [0.3, 0.4) is 0 Å². The molecule has 0 amide bonds. The molecule has 1 aliphatic rings. The Bertz CT molecular complexity index is 838. The average Bonchev–Trinajstić information content (AvgIpc) is 3.07. The normalized spacial score (nSPS) is 16.5. The number of hydrogen-bond donors (Lipinski definition) is 1. The zero-order valence-electron chi connectivity index (χ0n) is 13.9. The van der Waals surface area contributed by atoms with E-state index in [0.717, 1.165) is 53.4 Å². The summed E-state index contributed by atoms with van der Waals surface area (Å²) in [6, 6.07) is 6.41. The van der Waals surface area contributed by atoms with E-state index in [9.17, 15) is 0 Å². The van der Waals surface area contributed by atoms with Crippen LogP contribution in [0.1, 0.15) is 22.6 Å². The molecule has 1 aromatic carbocycles. The molecule has 4 rings (SSSR count). The summed E-state index contributed by atoms with van der Waals surface area (Å²) < 4.78 is 5.97. The molecule has 3 heterocycles. The number of ether oxygens (including phenoxy) is 1. The van der Waals surface area contributed by atoms with Gasteiger partial charge in [-0.05, 0) is 49.9 Å². The monoisotopic (exact) mass is 320 g/mol. The van der Waals surface area contributed by atoms with Gasteiger partial charge in [0.1, 0.15) is 12.1 Å². The standard InChI is InChI=1S/C19H20N4O/c1-12-19(13(2)22-11-21-12)15-3-4-18-16(7-15)5-14(9-24-18)6-17-8-20-10-23-17/h3-4,7-8,10-11,14H,5-6,9H2,1-2H3,(H,20,23). The fourth-order valence-corrected chi connectivity index (χ4v) is 3.46. The second-order valence-corrected chi connectivity index (χ2v) is 6.40. The lowest BCUT2D eigenvalue weighted by Crippen LogP contribution is -2.23. The first-order valence-corrected chi connectivity index (χ1v) is 8.22. The van der Waals surface area contributed by atoms with Gasteiger partial charge in [0, 0.05) is 34.8 Å². The van der Waals surface area contributed by atoms with Crippen LogP contribution in [0.25, 0.3) is 11.1 Å². The van der Waals surface area contributed by atoms with Crippen molar-refractivity contribution in [2.45, 2.75) is 26.7 Å². The molecule has 0 fully saturated rings. The predicted octanol–water partition coefficient (Wildman–Crippen LogP) is 3.28. The molecule has 122 valence electrons. The molecule has 24 heavy (non-hydrogen) atoms. The van der Waals surface area contributed by atoms with Gasteiger partial charge in [-0.25, -0.2) is 15.0 Å². The largest absolute Gasteiger partial charge is 0.493 e. The van der Waals surface area contributed by atoms with Gasteiger partial charge < -0.3 is 9.72 Å². The molecule has 0 radical (unpaired) electrons. The van der Waals surface area contributed by atoms with Crippen LogP contribution in [-0.4, -0.2) is 26.5 Å². The van der Waals surface area contributed by atoms with Crippen LogP contribution in [0.15, 0.2) is 37.1 Å². The maximum absolute atomic E-state index is 5.97. The van der Waals surface area contributed by atoms with Crippen molar-refractivity contribution in [3.63, 3.8) is 0 Å². The Morgan fingerprint density at radius 3 is 2.79 bits per heavy atom. The van der Waals surface area contributed by atoms with Crippen LogP contribution in [0, 0.1) is 19.8 Å². The van der Waals surface area contributed by atoms with Crippen molar-refractivity contribution in [3.8, 4) is 16.9 Å². The van der Waals surface area contributed by atoms with E-state index in [2.05, 4.69) is 38.1 Å². The van der Waals surface area contributed by atoms with Gasteiger partial charge in [-0.1, -0.05) is 6.07 Å². The zero-order chi connectivity index (χ0) is 16.5. The first-order valence-electron chi connectivity index (χ1n) is 8.22. The van der Waals surface area contributed by atoms with E-state index >= 15 is 0 Å². The number of imidazole rings is 1. The quantitative estimate of drug-likeness (QED) is 0.804. The van der Waals surface area contributed by atoms with Gasteiger partial charge in [0.15, 0.2) is 0 Å². The Hall–Kier alpha value is -2.69. The summed E-state index contributed by atoms with van der Waals surface area (Å²) in [4.78, 5) is 16.0. The van der Waals surface area contributed by atoms with Gasteiger partial charge in [0.25, 0.3) is 0 Å². The number of nitrogens with zero attached hydrogens (tertiary/aromatic N) is 3. The van der Waals surface area contributed by atoms with Gasteiger partial charge >= 0.3 is 0 Å². The number of fused-ring (bicyclic) bond motifs is 1. The van der Waals surface area contributed by atoms with E-state index in [1.807, 2.05) is 20.0 Å². The molecule has 0 saturated carbocycles. The van der Waals surface area contributed by atoms with Crippen molar-refractivity contribution in [3.05, 3.63) is 59.7 Å². The van der Waals surface area contributed by atoms with E-state index in [0.29, 0.717) is 5.92 Å². The lowest BCUT2D eigenvalue weighted by atomic mass is 9.90. The van der Waals surface area contributed by atoms with E-state index < -0.39 is 0 Å². The molecule has 1 unspecified atom stereocenters. The molecule has 0 bridgehead atoms. The lowest BCUT2D eigenvalue weighted by molar-refractivity contribution is 0.221. The highest BCUT2D eigenvalue weighted by Crippen LogP contribution is 2.34. The van der Waals surface area contributed by atoms with Crippen molar-refractivity contribution in [2.24, 2.45) is 5.92 Å². The molecule has 5 nitrogen and oxygen atoms in total. The topological polar surface area (TPSA) is 63.7 Å². The van der Waals surface area contributed by atoms with Crippen LogP contribution >= 0.6 is 0 Å². The summed E-state index contributed by atoms with van der Waals surface area (Å²) in [5.41, 5.74) is 6.71. The fourth-order valence-electron chi connectivity index (χ4n) is 3.46. The van der Waals surface area contributed by atoms with E-state index in [-0.39, 0.29) is 0 Å². The molecule has 0 spiro atoms. The molecule has 0 saturated heterocycles. The first-order chi connectivity index (χ1) is 11.7. The van der Waals surface area contributed by atoms with Gasteiger partial charge in [-0.2, -0.15) is 0 Å². The minimum Gasteiger partial charge on any atom is -0.493 e. The van der Waals surface area contributed by atoms with E-state index in [1.54, 1.807) is 12.7 Å². The minimum atomic E-state index is 0.461. The van der Waals surface area contributed by atoms with Crippen molar-refractivity contribution >= 4 is 0 Å². The highest BCUT2D eigenvalue weighted by atomic mass is 16.5. The lowest BCUT2D eigenvalue weighted by Gasteiger charge is -2.25. The Labute approximate surface area is 141 Å². The summed E-state index contributed by atoms with van der Waals surface area (Å²) >= 11 is 0. The van der Waals surface area contributed by atoms with Gasteiger partial charge in [0.2, 0.25) is 0 Å². The second kappa shape index (κ2) is 6.07. The van der Waals surface area contributed by atoms with Gasteiger partial charge in [-0.15, -0.1) is 0 Å². The van der Waals surface area contributed by atoms with Crippen molar-refractivity contribution in [1.29, 1.82) is 0 Å². The predicted molar refractivity (Wildman–Crippen MR) is 91.9 cm³/mol. The van der Waals surface area contributed by atoms with Gasteiger partial charge in [-0.3, -0.25) is 0 Å². The Morgan fingerprint density at radius 2 is 2.04 bits per heavy atom. The van der Waals surface area contributed by atoms with Crippen molar-refractivity contribution in [1.82, 2.24) is 19.9 Å². The van der Waals surface area contributed by atoms with Crippen LogP contribution in [0.4, 0.5) is 0 Å². The fraction of sp³-hybridized carbons (Fsp3) is 0.316. The molecule has 0 aliphatic carbocycles. The van der Waals surface area contributed by atoms with E-state index in [4.69, 9.17) is 4.74 Å². The number of H-pyrrole nitrogens is 1. The summed E-state index contributed by atoms with van der Waals surface area (Å²) in [6.07, 6.45) is 7.20. The molecule has 5 heteroatoms. The molecule has 2 aromatic heterocycles. The highest BCUT2D eigenvalue weighted by molar-refractivity contribution is 5.69. The number of nitrogens with one attached hydrogen (secondary N) is 1. The van der Waals surface area contributed by atoms with Crippen LogP contribution in [0.2, 0.25) is 0 Å². The molecule has 1 aliphatic heterocycles. The molecular weight excluding hydrogens is 300 g/mol. The average molecular weight is 320 g/mol. The number of aryl methyl sites for hydroxylation is 2. The third kappa shape index (κ3) is 2.77. The highest BCUT2D eigenvalue weighted by Gasteiger charge is 2.21. The summed E-state index contributed by atoms with van der Waals surface area (Å²) in [5.74, 6) is 1.45. The van der Waals surface area contributed by atoms with Gasteiger partial charge in [0.05, 0.1) is 12.9 Å². The summed E-state index contributed by atoms with van der Waals surface area (Å²) in [7, 11) is 0. The smallest absolute Gasteiger partial charge is 0.122 e. The van der Waals surface area contributed by atoms with Crippen LogP contribution < -0.4 is 4.74 Å². The Kier molecular flexibility index (Phi) is 3.76. The second-order valence-electron chi connectivity index (χ2n) is 6.40. The molecule has 1 N–H and O–H groups in total. The number of aromatic nitrogens is 4. The van der Waals surface area contributed by atoms with Crippen molar-refractivity contribution < 1.29 is 4.74 Å². The SMILES string of the molecule is Cc1ncnc(C)c1-c1ccc2c(c1)CC(Cc1cnc[nH]1)CO2. The summed E-state index contributed by atoms with van der Waals surface area (Å²) in [5, 5.41) is 0. The molecular formula is C19H20N4O. The molecule has 3 aromatic rings. The first kappa shape index (κ1) is 14.9. The number of rotatable bonds is 3. The number of hydrogen-bond acceptors (Lipinski definition) is 4. The van der Waals surface area contributed by atoms with Crippen LogP contribution in [0.5, 0.6) is 5.75 Å². The zero-order valence-corrected chi connectivity index (χ0v) is 13.9. The minimum absolute atomic E-state index is 0.461. The Balaban J connectivity index is 1.63. The summed E-state index contributed by atoms with van der Waals surface area (Å²) in [6.45, 7) is 4.81. The van der Waals surface area contributed by atoms with Crippen molar-refractivity contribution in [2.75, 3.05) is 6.61 Å². The molecule has 1 atom stereocenters. The number of benzene rings is 1. The third-order valence-corrected chi connectivity index (χ3v) is 4.62. The maximum Gasteiger partial charge on any atom is 0.122 e. The van der Waals surface area contributed by atoms with E-state index in [1.165, 1.54) is 5.56 Å². The van der Waals surface area contributed by atoms with Crippen LogP contribution in [-0.2, 0) is 12.8 Å². The maximum atomic E-state index is 5.97. The third-order valence-electron chi connectivity index (χ3n) is 4.62. The Morgan fingerprint density at radius 1 is 1.21 bits per heavy atom. The number of aromatic amines is 1.